The lowest BCUT2D eigenvalue weighted by atomic mass is 10.1. The molecule has 4 rings (SSSR count). The van der Waals surface area contributed by atoms with Gasteiger partial charge in [0.25, 0.3) is 5.91 Å². The van der Waals surface area contributed by atoms with Gasteiger partial charge in [-0.3, -0.25) is 4.79 Å². The predicted octanol–water partition coefficient (Wildman–Crippen LogP) is 2.40. The summed E-state index contributed by atoms with van der Waals surface area (Å²) in [7, 11) is 0. The molecule has 5 nitrogen and oxygen atoms in total. The van der Waals surface area contributed by atoms with Crippen LogP contribution in [-0.4, -0.2) is 17.4 Å². The van der Waals surface area contributed by atoms with Crippen molar-refractivity contribution in [2.45, 2.75) is 13.0 Å². The summed E-state index contributed by atoms with van der Waals surface area (Å²) in [5, 5.41) is 6.61. The van der Waals surface area contributed by atoms with E-state index in [1.165, 1.54) is 16.9 Å². The molecule has 24 heavy (non-hydrogen) atoms. The minimum Gasteiger partial charge on any atom is -0.397 e. The van der Waals surface area contributed by atoms with Gasteiger partial charge in [0.2, 0.25) is 0 Å². The molecule has 1 aromatic carbocycles. The molecular formula is C17H16ClN4OS+. The number of nitrogen functional groups attached to an aromatic ring is 1. The van der Waals surface area contributed by atoms with Gasteiger partial charge in [-0.2, -0.15) is 0 Å². The summed E-state index contributed by atoms with van der Waals surface area (Å²) >= 11 is 7.21. The molecule has 3 aromatic rings. The van der Waals surface area contributed by atoms with E-state index in [0.29, 0.717) is 21.3 Å². The van der Waals surface area contributed by atoms with Crippen LogP contribution in [0.25, 0.3) is 10.2 Å². The summed E-state index contributed by atoms with van der Waals surface area (Å²) < 4.78 is 0. The van der Waals surface area contributed by atoms with Crippen LogP contribution in [0.5, 0.6) is 0 Å². The third-order valence-corrected chi connectivity index (χ3v) is 5.51. The fourth-order valence-corrected chi connectivity index (χ4v) is 4.02. The molecule has 0 aliphatic carbocycles. The van der Waals surface area contributed by atoms with Crippen LogP contribution in [0.4, 0.5) is 11.4 Å². The smallest absolute Gasteiger partial charge is 0.267 e. The van der Waals surface area contributed by atoms with Crippen LogP contribution in [-0.2, 0) is 13.0 Å². The number of fused-ring (bicyclic) bond motifs is 2. The molecule has 1 amide bonds. The fourth-order valence-electron chi connectivity index (χ4n) is 2.90. The number of benzene rings is 1. The molecule has 1 aliphatic heterocycles. The van der Waals surface area contributed by atoms with Crippen LogP contribution in [0, 0.1) is 0 Å². The van der Waals surface area contributed by atoms with Crippen molar-refractivity contribution >= 4 is 50.4 Å². The first-order valence-corrected chi connectivity index (χ1v) is 8.90. The van der Waals surface area contributed by atoms with Crippen molar-refractivity contribution in [3.05, 3.63) is 51.5 Å². The minimum absolute atomic E-state index is 0.220. The first kappa shape index (κ1) is 15.4. The monoisotopic (exact) mass is 359 g/mol. The highest BCUT2D eigenvalue weighted by Gasteiger charge is 2.21. The van der Waals surface area contributed by atoms with Gasteiger partial charge in [-0.05, 0) is 30.3 Å². The van der Waals surface area contributed by atoms with Gasteiger partial charge in [0, 0.05) is 28.1 Å². The van der Waals surface area contributed by atoms with E-state index < -0.39 is 0 Å². The largest absolute Gasteiger partial charge is 0.397 e. The second kappa shape index (κ2) is 6.05. The number of nitrogens with zero attached hydrogens (tertiary/aromatic N) is 1. The maximum absolute atomic E-state index is 12.6. The number of amides is 1. The highest BCUT2D eigenvalue weighted by Crippen LogP contribution is 2.34. The van der Waals surface area contributed by atoms with Crippen molar-refractivity contribution in [1.82, 2.24) is 4.98 Å². The molecular weight excluding hydrogens is 344 g/mol. The van der Waals surface area contributed by atoms with Crippen molar-refractivity contribution in [1.29, 1.82) is 0 Å². The van der Waals surface area contributed by atoms with Crippen LogP contribution in [0.2, 0.25) is 5.02 Å². The number of hydrogen-bond acceptors (Lipinski definition) is 4. The lowest BCUT2D eigenvalue weighted by Gasteiger charge is -2.13. The fraction of sp³-hybridized carbons (Fsp3) is 0.176. The van der Waals surface area contributed by atoms with Crippen molar-refractivity contribution in [3.8, 4) is 0 Å². The number of rotatable bonds is 2. The molecule has 122 valence electrons. The first-order chi connectivity index (χ1) is 11.6. The van der Waals surface area contributed by atoms with Gasteiger partial charge in [-0.1, -0.05) is 11.6 Å². The number of anilines is 2. The average molecular weight is 360 g/mol. The highest BCUT2D eigenvalue weighted by atomic mass is 35.5. The summed E-state index contributed by atoms with van der Waals surface area (Å²) in [6.45, 7) is 1.97. The van der Waals surface area contributed by atoms with E-state index in [1.54, 1.807) is 24.3 Å². The third kappa shape index (κ3) is 2.73. The first-order valence-electron chi connectivity index (χ1n) is 7.71. The standard InChI is InChI=1S/C17H15ClN4OS/c18-10-1-3-11(4-2-10)21-16(23)15-14(19)12-7-9-8-20-6-5-13(9)22-17(12)24-15/h1-4,7,20H,5-6,8,19H2,(H,21,23)/p+1. The minimum atomic E-state index is -0.220. The Balaban J connectivity index is 1.69. The maximum atomic E-state index is 12.6. The number of thiophene rings is 1. The van der Waals surface area contributed by atoms with Gasteiger partial charge >= 0.3 is 0 Å². The number of carbonyl (C=O) groups is 1. The lowest BCUT2D eigenvalue weighted by molar-refractivity contribution is -0.673. The second-order valence-electron chi connectivity index (χ2n) is 5.78. The molecule has 0 atom stereocenters. The Bertz CT molecular complexity index is 936. The van der Waals surface area contributed by atoms with E-state index in [9.17, 15) is 4.79 Å². The third-order valence-electron chi connectivity index (χ3n) is 4.15. The van der Waals surface area contributed by atoms with Crippen LogP contribution < -0.4 is 16.4 Å². The van der Waals surface area contributed by atoms with Gasteiger partial charge < -0.3 is 16.4 Å². The molecule has 0 saturated carbocycles. The van der Waals surface area contributed by atoms with Crippen LogP contribution in [0.15, 0.2) is 30.3 Å². The Labute approximate surface area is 147 Å². The number of nitrogens with one attached hydrogen (secondary N) is 1. The van der Waals surface area contributed by atoms with E-state index in [1.807, 2.05) is 0 Å². The van der Waals surface area contributed by atoms with Gasteiger partial charge in [-0.15, -0.1) is 11.3 Å². The van der Waals surface area contributed by atoms with Crippen molar-refractivity contribution in [2.75, 3.05) is 17.6 Å². The number of carbonyl (C=O) groups excluding carboxylic acids is 1. The summed E-state index contributed by atoms with van der Waals surface area (Å²) in [5.41, 5.74) is 9.75. The van der Waals surface area contributed by atoms with Crippen molar-refractivity contribution in [2.24, 2.45) is 0 Å². The highest BCUT2D eigenvalue weighted by molar-refractivity contribution is 7.21. The molecule has 0 fully saturated rings. The number of halogens is 1. The predicted molar refractivity (Wildman–Crippen MR) is 97.6 cm³/mol. The normalized spacial score (nSPS) is 13.7. The Kier molecular flexibility index (Phi) is 3.88. The lowest BCUT2D eigenvalue weighted by Crippen LogP contribution is -2.84. The number of aromatic nitrogens is 1. The molecule has 0 saturated heterocycles. The van der Waals surface area contributed by atoms with Gasteiger partial charge in [0.15, 0.2) is 0 Å². The summed E-state index contributed by atoms with van der Waals surface area (Å²) in [4.78, 5) is 18.6. The van der Waals surface area contributed by atoms with E-state index in [2.05, 4.69) is 16.7 Å². The van der Waals surface area contributed by atoms with Gasteiger partial charge in [-0.25, -0.2) is 4.98 Å². The van der Waals surface area contributed by atoms with E-state index in [4.69, 9.17) is 22.3 Å². The molecule has 2 aromatic heterocycles. The molecule has 0 spiro atoms. The molecule has 0 bridgehead atoms. The molecule has 0 radical (unpaired) electrons. The molecule has 5 N–H and O–H groups in total. The maximum Gasteiger partial charge on any atom is 0.267 e. The SMILES string of the molecule is Nc1c(C(=O)Nc2ccc(Cl)cc2)sc2nc3c(cc12)C[NH2+]CC3. The Morgan fingerprint density at radius 1 is 1.33 bits per heavy atom. The zero-order chi connectivity index (χ0) is 16.7. The molecule has 7 heteroatoms. The molecule has 3 heterocycles. The molecule has 0 unspecified atom stereocenters. The molecule has 1 aliphatic rings. The van der Waals surface area contributed by atoms with E-state index >= 15 is 0 Å². The van der Waals surface area contributed by atoms with E-state index in [-0.39, 0.29) is 5.91 Å². The van der Waals surface area contributed by atoms with Gasteiger partial charge in [0.05, 0.1) is 17.9 Å². The number of nitrogens with two attached hydrogens (primary N) is 2. The topological polar surface area (TPSA) is 84.6 Å². The van der Waals surface area contributed by atoms with Crippen LogP contribution >= 0.6 is 22.9 Å². The number of hydrogen-bond donors (Lipinski definition) is 3. The summed E-state index contributed by atoms with van der Waals surface area (Å²) in [5.74, 6) is -0.220. The zero-order valence-electron chi connectivity index (χ0n) is 12.8. The van der Waals surface area contributed by atoms with Crippen LogP contribution in [0.3, 0.4) is 0 Å². The average Bonchev–Trinajstić information content (AvgIpc) is 2.91. The Hall–Kier alpha value is -2.15. The van der Waals surface area contributed by atoms with E-state index in [0.717, 1.165) is 35.4 Å². The van der Waals surface area contributed by atoms with Crippen molar-refractivity contribution < 1.29 is 10.1 Å². The second-order valence-corrected chi connectivity index (χ2v) is 7.22. The summed E-state index contributed by atoms with van der Waals surface area (Å²) in [6.07, 6.45) is 0.954. The van der Waals surface area contributed by atoms with Gasteiger partial charge in [0.1, 0.15) is 16.3 Å². The van der Waals surface area contributed by atoms with Crippen molar-refractivity contribution in [3.63, 3.8) is 0 Å². The summed E-state index contributed by atoms with van der Waals surface area (Å²) in [6, 6.07) is 9.07. The number of quaternary nitrogens is 1. The quantitative estimate of drug-likeness (QED) is 0.656. The Morgan fingerprint density at radius 3 is 2.92 bits per heavy atom. The zero-order valence-corrected chi connectivity index (χ0v) is 14.4. The van der Waals surface area contributed by atoms with Crippen LogP contribution in [0.1, 0.15) is 20.9 Å². The number of pyridine rings is 1. The Morgan fingerprint density at radius 2 is 2.12 bits per heavy atom.